The van der Waals surface area contributed by atoms with Crippen molar-refractivity contribution in [3.8, 4) is 11.1 Å². The van der Waals surface area contributed by atoms with E-state index < -0.39 is 15.8 Å². The van der Waals surface area contributed by atoms with Gasteiger partial charge < -0.3 is 9.64 Å². The van der Waals surface area contributed by atoms with Gasteiger partial charge in [-0.15, -0.1) is 0 Å². The summed E-state index contributed by atoms with van der Waals surface area (Å²) in [5, 5.41) is 0. The lowest BCUT2D eigenvalue weighted by Gasteiger charge is -2.27. The Hall–Kier alpha value is -3.14. The number of carbonyl (C=O) groups excluding carboxylic acids is 1. The predicted octanol–water partition coefficient (Wildman–Crippen LogP) is 3.58. The lowest BCUT2D eigenvalue weighted by molar-refractivity contribution is 0.0302. The topological polar surface area (TPSA) is 75.7 Å². The van der Waals surface area contributed by atoms with Gasteiger partial charge in [-0.1, -0.05) is 24.3 Å². The van der Waals surface area contributed by atoms with Crippen LogP contribution in [0, 0.1) is 11.6 Å². The first kappa shape index (κ1) is 23.0. The van der Waals surface area contributed by atoms with Gasteiger partial charge in [-0.25, -0.2) is 21.9 Å². The summed E-state index contributed by atoms with van der Waals surface area (Å²) < 4.78 is 60.3. The summed E-state index contributed by atoms with van der Waals surface area (Å²) >= 11 is 0. The number of hydrogen-bond acceptors (Lipinski definition) is 4. The normalized spacial score (nSPS) is 14.3. The Labute approximate surface area is 190 Å². The minimum Gasteiger partial charge on any atom is -0.378 e. The van der Waals surface area contributed by atoms with Crippen LogP contribution in [0.25, 0.3) is 11.1 Å². The lowest BCUT2D eigenvalue weighted by atomic mass is 10.1. The lowest BCUT2D eigenvalue weighted by Crippen LogP contribution is -2.40. The smallest absolute Gasteiger partial charge is 0.254 e. The molecule has 0 aromatic heterocycles. The Morgan fingerprint density at radius 2 is 1.48 bits per heavy atom. The first-order valence-corrected chi connectivity index (χ1v) is 11.8. The number of hydrogen-bond donors (Lipinski definition) is 1. The molecule has 0 unspecified atom stereocenters. The van der Waals surface area contributed by atoms with Crippen LogP contribution in [-0.2, 0) is 21.3 Å². The number of nitrogens with zero attached hydrogens (tertiary/aromatic N) is 1. The highest BCUT2D eigenvalue weighted by molar-refractivity contribution is 7.89. The number of ether oxygens (including phenoxy) is 1. The Morgan fingerprint density at radius 1 is 0.879 bits per heavy atom. The fourth-order valence-corrected chi connectivity index (χ4v) is 4.57. The number of halogens is 2. The molecular weight excluding hydrogens is 450 g/mol. The molecule has 0 aliphatic carbocycles. The number of amides is 1. The van der Waals surface area contributed by atoms with E-state index in [-0.39, 0.29) is 28.7 Å². The van der Waals surface area contributed by atoms with Crippen LogP contribution >= 0.6 is 0 Å². The minimum atomic E-state index is -3.87. The maximum atomic E-state index is 14.1. The molecule has 1 heterocycles. The number of sulfonamides is 1. The number of carbonyl (C=O) groups is 1. The molecule has 0 radical (unpaired) electrons. The van der Waals surface area contributed by atoms with Crippen molar-refractivity contribution in [2.24, 2.45) is 0 Å². The van der Waals surface area contributed by atoms with Crippen LogP contribution in [-0.4, -0.2) is 45.5 Å². The van der Waals surface area contributed by atoms with E-state index in [0.717, 1.165) is 17.2 Å². The summed E-state index contributed by atoms with van der Waals surface area (Å²) in [5.74, 6) is -1.29. The van der Waals surface area contributed by atoms with E-state index in [0.29, 0.717) is 31.9 Å². The van der Waals surface area contributed by atoms with Gasteiger partial charge in [0.2, 0.25) is 10.0 Å². The Bertz CT molecular complexity index is 1240. The summed E-state index contributed by atoms with van der Waals surface area (Å²) in [7, 11) is -3.87. The number of nitrogens with one attached hydrogen (secondary N) is 1. The molecule has 1 aliphatic heterocycles. The van der Waals surface area contributed by atoms with E-state index in [2.05, 4.69) is 4.72 Å². The van der Waals surface area contributed by atoms with Crippen molar-refractivity contribution in [3.63, 3.8) is 0 Å². The van der Waals surface area contributed by atoms with Gasteiger partial charge in [0.05, 0.1) is 18.1 Å². The van der Waals surface area contributed by atoms with Crippen molar-refractivity contribution in [2.45, 2.75) is 11.4 Å². The minimum absolute atomic E-state index is 0.0365. The van der Waals surface area contributed by atoms with Gasteiger partial charge in [0.1, 0.15) is 11.6 Å². The third-order valence-corrected chi connectivity index (χ3v) is 6.73. The second-order valence-corrected chi connectivity index (χ2v) is 9.38. The SMILES string of the molecule is O=C(c1cc(F)cc(CNS(=O)(=O)c2ccc(-c3ccc(F)cc3)cc2)c1)N1CCOCC1. The standard InChI is InChI=1S/C24H22F2N2O4S/c25-21-5-1-18(2-6-21)19-3-7-23(8-4-19)33(30,31)27-16-17-13-20(15-22(26)14-17)24(29)28-9-11-32-12-10-28/h1-8,13-15,27H,9-12,16H2. The second-order valence-electron chi connectivity index (χ2n) is 7.61. The van der Waals surface area contributed by atoms with Crippen molar-refractivity contribution in [3.05, 3.63) is 89.5 Å². The summed E-state index contributed by atoms with van der Waals surface area (Å²) in [6.07, 6.45) is 0. The fraction of sp³-hybridized carbons (Fsp3) is 0.208. The van der Waals surface area contributed by atoms with Gasteiger partial charge in [0.25, 0.3) is 5.91 Å². The van der Waals surface area contributed by atoms with E-state index in [9.17, 15) is 22.0 Å². The van der Waals surface area contributed by atoms with Crippen LogP contribution in [0.2, 0.25) is 0 Å². The summed E-state index contributed by atoms with van der Waals surface area (Å²) in [6, 6.07) is 15.8. The van der Waals surface area contributed by atoms with Crippen LogP contribution in [0.3, 0.4) is 0 Å². The number of rotatable bonds is 6. The van der Waals surface area contributed by atoms with Crippen molar-refractivity contribution >= 4 is 15.9 Å². The molecule has 0 atom stereocenters. The largest absolute Gasteiger partial charge is 0.378 e. The number of benzene rings is 3. The summed E-state index contributed by atoms with van der Waals surface area (Å²) in [5.41, 5.74) is 1.99. The van der Waals surface area contributed by atoms with Gasteiger partial charge in [0.15, 0.2) is 0 Å². The van der Waals surface area contributed by atoms with Crippen LogP contribution in [0.1, 0.15) is 15.9 Å². The molecule has 1 saturated heterocycles. The zero-order valence-electron chi connectivity index (χ0n) is 17.6. The van der Waals surface area contributed by atoms with Crippen LogP contribution < -0.4 is 4.72 Å². The third kappa shape index (κ3) is 5.62. The molecule has 1 aliphatic rings. The molecule has 0 spiro atoms. The summed E-state index contributed by atoms with van der Waals surface area (Å²) in [6.45, 7) is 1.51. The van der Waals surface area contributed by atoms with Crippen molar-refractivity contribution in [2.75, 3.05) is 26.3 Å². The highest BCUT2D eigenvalue weighted by Gasteiger charge is 2.20. The molecular formula is C24H22F2N2O4S. The zero-order chi connectivity index (χ0) is 23.4. The molecule has 172 valence electrons. The monoisotopic (exact) mass is 472 g/mol. The van der Waals surface area contributed by atoms with Crippen LogP contribution in [0.4, 0.5) is 8.78 Å². The molecule has 33 heavy (non-hydrogen) atoms. The van der Waals surface area contributed by atoms with E-state index in [4.69, 9.17) is 4.74 Å². The highest BCUT2D eigenvalue weighted by Crippen LogP contribution is 2.22. The van der Waals surface area contributed by atoms with Gasteiger partial charge in [-0.3, -0.25) is 4.79 Å². The van der Waals surface area contributed by atoms with Gasteiger partial charge in [0, 0.05) is 25.2 Å². The molecule has 3 aromatic carbocycles. The first-order chi connectivity index (χ1) is 15.8. The quantitative estimate of drug-likeness (QED) is 0.595. The molecule has 9 heteroatoms. The molecule has 3 aromatic rings. The van der Waals surface area contributed by atoms with Crippen molar-refractivity contribution in [1.82, 2.24) is 9.62 Å². The molecule has 6 nitrogen and oxygen atoms in total. The van der Waals surface area contributed by atoms with Gasteiger partial charge in [-0.2, -0.15) is 0 Å². The number of morpholine rings is 1. The molecule has 1 fully saturated rings. The van der Waals surface area contributed by atoms with Crippen molar-refractivity contribution < 1.29 is 26.7 Å². The van der Waals surface area contributed by atoms with Gasteiger partial charge >= 0.3 is 0 Å². The Morgan fingerprint density at radius 3 is 2.12 bits per heavy atom. The van der Waals surface area contributed by atoms with E-state index >= 15 is 0 Å². The maximum Gasteiger partial charge on any atom is 0.254 e. The zero-order valence-corrected chi connectivity index (χ0v) is 18.4. The Balaban J connectivity index is 1.46. The van der Waals surface area contributed by atoms with E-state index in [1.807, 2.05) is 0 Å². The molecule has 4 rings (SSSR count). The molecule has 1 amide bonds. The maximum absolute atomic E-state index is 14.1. The average molecular weight is 473 g/mol. The van der Waals surface area contributed by atoms with Crippen LogP contribution in [0.5, 0.6) is 0 Å². The summed E-state index contributed by atoms with van der Waals surface area (Å²) in [4.78, 5) is 14.3. The van der Waals surface area contributed by atoms with E-state index in [1.165, 1.54) is 36.4 Å². The Kier molecular flexibility index (Phi) is 6.83. The molecule has 0 saturated carbocycles. The second kappa shape index (κ2) is 9.78. The highest BCUT2D eigenvalue weighted by atomic mass is 32.2. The van der Waals surface area contributed by atoms with Crippen LogP contribution in [0.15, 0.2) is 71.6 Å². The van der Waals surface area contributed by atoms with Gasteiger partial charge in [-0.05, 0) is 59.2 Å². The molecule has 1 N–H and O–H groups in total. The first-order valence-electron chi connectivity index (χ1n) is 10.3. The molecule has 0 bridgehead atoms. The van der Waals surface area contributed by atoms with E-state index in [1.54, 1.807) is 29.2 Å². The third-order valence-electron chi connectivity index (χ3n) is 5.31. The predicted molar refractivity (Wildman–Crippen MR) is 119 cm³/mol. The average Bonchev–Trinajstić information content (AvgIpc) is 2.83. The van der Waals surface area contributed by atoms with Crippen molar-refractivity contribution in [1.29, 1.82) is 0 Å². The fourth-order valence-electron chi connectivity index (χ4n) is 3.56.